The van der Waals surface area contributed by atoms with Gasteiger partial charge in [0.1, 0.15) is 0 Å². The normalized spacial score (nSPS) is 10.2. The van der Waals surface area contributed by atoms with Gasteiger partial charge in [0.25, 0.3) is 5.91 Å². The maximum absolute atomic E-state index is 11.9. The highest BCUT2D eigenvalue weighted by Gasteiger charge is 2.10. The van der Waals surface area contributed by atoms with Crippen molar-refractivity contribution in [2.24, 2.45) is 0 Å². The smallest absolute Gasteiger partial charge is 0.276 e. The SMILES string of the molecule is O=C(Nc1ccc(Cl)cc1Br)c1ccc(Cl)nn1. The van der Waals surface area contributed by atoms with Gasteiger partial charge >= 0.3 is 0 Å². The molecule has 0 unspecified atom stereocenters. The minimum Gasteiger partial charge on any atom is -0.320 e. The Balaban J connectivity index is 2.18. The van der Waals surface area contributed by atoms with Crippen LogP contribution in [-0.2, 0) is 0 Å². The Morgan fingerprint density at radius 1 is 1.17 bits per heavy atom. The van der Waals surface area contributed by atoms with Crippen LogP contribution in [0.25, 0.3) is 0 Å². The monoisotopic (exact) mass is 345 g/mol. The Morgan fingerprint density at radius 2 is 1.94 bits per heavy atom. The number of nitrogens with one attached hydrogen (secondary N) is 1. The van der Waals surface area contributed by atoms with Gasteiger partial charge in [-0.3, -0.25) is 4.79 Å². The van der Waals surface area contributed by atoms with Crippen LogP contribution in [0.1, 0.15) is 10.5 Å². The molecule has 2 aromatic rings. The lowest BCUT2D eigenvalue weighted by molar-refractivity contribution is 0.102. The Kier molecular flexibility index (Phi) is 4.16. The molecule has 92 valence electrons. The van der Waals surface area contributed by atoms with E-state index < -0.39 is 0 Å². The Labute approximate surface area is 121 Å². The lowest BCUT2D eigenvalue weighted by Crippen LogP contribution is -2.14. The molecule has 0 saturated heterocycles. The molecule has 1 N–H and O–H groups in total. The molecule has 0 atom stereocenters. The fourth-order valence-corrected chi connectivity index (χ4v) is 2.10. The Hall–Kier alpha value is -1.17. The van der Waals surface area contributed by atoms with E-state index in [1.165, 1.54) is 12.1 Å². The highest BCUT2D eigenvalue weighted by atomic mass is 79.9. The first-order valence-electron chi connectivity index (χ1n) is 4.82. The van der Waals surface area contributed by atoms with Gasteiger partial charge < -0.3 is 5.32 Å². The van der Waals surface area contributed by atoms with E-state index in [-0.39, 0.29) is 16.8 Å². The number of hydrogen-bond donors (Lipinski definition) is 1. The lowest BCUT2D eigenvalue weighted by Gasteiger charge is -2.06. The summed E-state index contributed by atoms with van der Waals surface area (Å²) in [7, 11) is 0. The molecular weight excluding hydrogens is 341 g/mol. The van der Waals surface area contributed by atoms with Gasteiger partial charge in [0.15, 0.2) is 10.8 Å². The van der Waals surface area contributed by atoms with E-state index >= 15 is 0 Å². The predicted molar refractivity (Wildman–Crippen MR) is 74.1 cm³/mol. The van der Waals surface area contributed by atoms with Crippen molar-refractivity contribution in [2.45, 2.75) is 0 Å². The van der Waals surface area contributed by atoms with E-state index in [1.807, 2.05) is 0 Å². The predicted octanol–water partition coefficient (Wildman–Crippen LogP) is 3.80. The number of aromatic nitrogens is 2. The Bertz CT molecular complexity index is 589. The van der Waals surface area contributed by atoms with E-state index in [0.29, 0.717) is 15.2 Å². The third-order valence-corrected chi connectivity index (χ3v) is 3.14. The van der Waals surface area contributed by atoms with Crippen LogP contribution in [0.3, 0.4) is 0 Å². The molecule has 4 nitrogen and oxygen atoms in total. The molecule has 0 aliphatic heterocycles. The van der Waals surface area contributed by atoms with Crippen molar-refractivity contribution in [3.8, 4) is 0 Å². The summed E-state index contributed by atoms with van der Waals surface area (Å²) in [5, 5.41) is 10.8. The Morgan fingerprint density at radius 3 is 2.56 bits per heavy atom. The zero-order valence-electron chi connectivity index (χ0n) is 8.82. The van der Waals surface area contributed by atoms with Gasteiger partial charge in [-0.1, -0.05) is 23.2 Å². The first kappa shape index (κ1) is 13.3. The fraction of sp³-hybridized carbons (Fsp3) is 0. The molecule has 0 saturated carbocycles. The summed E-state index contributed by atoms with van der Waals surface area (Å²) in [6.07, 6.45) is 0. The third-order valence-electron chi connectivity index (χ3n) is 2.04. The van der Waals surface area contributed by atoms with Crippen molar-refractivity contribution in [2.75, 3.05) is 5.32 Å². The maximum atomic E-state index is 11.9. The summed E-state index contributed by atoms with van der Waals surface area (Å²) in [5.41, 5.74) is 0.780. The van der Waals surface area contributed by atoms with Crippen LogP contribution in [0, 0.1) is 0 Å². The summed E-state index contributed by atoms with van der Waals surface area (Å²) in [5.74, 6) is -0.373. The number of halogens is 3. The average molecular weight is 347 g/mol. The van der Waals surface area contributed by atoms with E-state index in [2.05, 4.69) is 31.4 Å². The molecule has 1 aromatic heterocycles. The average Bonchev–Trinajstić information content (AvgIpc) is 2.33. The van der Waals surface area contributed by atoms with Crippen LogP contribution in [0.2, 0.25) is 10.2 Å². The summed E-state index contributed by atoms with van der Waals surface area (Å²) < 4.78 is 0.685. The van der Waals surface area contributed by atoms with Gasteiger partial charge in [-0.05, 0) is 46.3 Å². The molecule has 7 heteroatoms. The van der Waals surface area contributed by atoms with Crippen molar-refractivity contribution >= 4 is 50.7 Å². The number of carbonyl (C=O) groups excluding carboxylic acids is 1. The highest BCUT2D eigenvalue weighted by molar-refractivity contribution is 9.10. The largest absolute Gasteiger partial charge is 0.320 e. The van der Waals surface area contributed by atoms with E-state index in [9.17, 15) is 4.79 Å². The zero-order chi connectivity index (χ0) is 13.1. The van der Waals surface area contributed by atoms with Crippen molar-refractivity contribution in [3.63, 3.8) is 0 Å². The van der Waals surface area contributed by atoms with E-state index in [0.717, 1.165) is 0 Å². The molecule has 0 spiro atoms. The van der Waals surface area contributed by atoms with Crippen LogP contribution >= 0.6 is 39.1 Å². The number of nitrogens with zero attached hydrogens (tertiary/aromatic N) is 2. The summed E-state index contributed by atoms with van der Waals surface area (Å²) in [6.45, 7) is 0. The van der Waals surface area contributed by atoms with Gasteiger partial charge in [-0.25, -0.2) is 0 Å². The van der Waals surface area contributed by atoms with E-state index in [1.54, 1.807) is 18.2 Å². The molecule has 0 aliphatic rings. The molecular formula is C11H6BrCl2N3O. The molecule has 0 bridgehead atoms. The molecule has 2 rings (SSSR count). The van der Waals surface area contributed by atoms with Gasteiger partial charge in [0.2, 0.25) is 0 Å². The number of hydrogen-bond acceptors (Lipinski definition) is 3. The number of rotatable bonds is 2. The first-order chi connectivity index (χ1) is 8.56. The third kappa shape index (κ3) is 3.19. The highest BCUT2D eigenvalue weighted by Crippen LogP contribution is 2.26. The number of benzene rings is 1. The van der Waals surface area contributed by atoms with Gasteiger partial charge in [-0.15, -0.1) is 10.2 Å². The van der Waals surface area contributed by atoms with Crippen molar-refractivity contribution in [3.05, 3.63) is 50.7 Å². The van der Waals surface area contributed by atoms with Crippen LogP contribution < -0.4 is 5.32 Å². The van der Waals surface area contributed by atoms with Gasteiger partial charge in [0, 0.05) is 9.50 Å². The minimum atomic E-state index is -0.373. The van der Waals surface area contributed by atoms with Gasteiger partial charge in [-0.2, -0.15) is 0 Å². The van der Waals surface area contributed by atoms with Crippen molar-refractivity contribution < 1.29 is 4.79 Å². The molecule has 0 radical (unpaired) electrons. The standard InChI is InChI=1S/C11H6BrCl2N3O/c12-7-5-6(13)1-2-8(7)15-11(18)9-3-4-10(14)17-16-9/h1-5H,(H,15,18). The second-order valence-corrected chi connectivity index (χ2v) is 5.00. The summed E-state index contributed by atoms with van der Waals surface area (Å²) >= 11 is 14.7. The minimum absolute atomic E-state index is 0.182. The van der Waals surface area contributed by atoms with E-state index in [4.69, 9.17) is 23.2 Å². The molecule has 0 fully saturated rings. The summed E-state index contributed by atoms with van der Waals surface area (Å²) in [4.78, 5) is 11.9. The molecule has 18 heavy (non-hydrogen) atoms. The number of anilines is 1. The topological polar surface area (TPSA) is 54.9 Å². The van der Waals surface area contributed by atoms with Crippen LogP contribution in [0.5, 0.6) is 0 Å². The van der Waals surface area contributed by atoms with Crippen LogP contribution in [-0.4, -0.2) is 16.1 Å². The number of amides is 1. The molecule has 1 amide bonds. The quantitative estimate of drug-likeness (QED) is 0.899. The maximum Gasteiger partial charge on any atom is 0.276 e. The first-order valence-corrected chi connectivity index (χ1v) is 6.37. The second-order valence-electron chi connectivity index (χ2n) is 3.32. The fourth-order valence-electron chi connectivity index (χ4n) is 1.21. The lowest BCUT2D eigenvalue weighted by atomic mass is 10.3. The second kappa shape index (κ2) is 5.65. The number of carbonyl (C=O) groups is 1. The molecule has 1 aromatic carbocycles. The van der Waals surface area contributed by atoms with Crippen LogP contribution in [0.4, 0.5) is 5.69 Å². The van der Waals surface area contributed by atoms with Crippen LogP contribution in [0.15, 0.2) is 34.8 Å². The van der Waals surface area contributed by atoms with Gasteiger partial charge in [0.05, 0.1) is 5.69 Å². The summed E-state index contributed by atoms with van der Waals surface area (Å²) in [6, 6.07) is 8.04. The molecule has 1 heterocycles. The van der Waals surface area contributed by atoms with Crippen molar-refractivity contribution in [1.82, 2.24) is 10.2 Å². The zero-order valence-corrected chi connectivity index (χ0v) is 11.9. The van der Waals surface area contributed by atoms with Crippen molar-refractivity contribution in [1.29, 1.82) is 0 Å². The molecule has 0 aliphatic carbocycles.